The van der Waals surface area contributed by atoms with Gasteiger partial charge in [-0.3, -0.25) is 9.89 Å². The predicted molar refractivity (Wildman–Crippen MR) is 60.6 cm³/mol. The molecule has 1 unspecified atom stereocenters. The molecule has 0 fully saturated rings. The molecule has 1 amide bonds. The first-order chi connectivity index (χ1) is 7.77. The molecule has 16 heavy (non-hydrogen) atoms. The Hall–Kier alpha value is -1.82. The van der Waals surface area contributed by atoms with Gasteiger partial charge < -0.3 is 5.73 Å². The number of hydrogen-bond acceptors (Lipinski definition) is 4. The number of nitrogens with zero attached hydrogens (tertiary/aromatic N) is 2. The molecule has 1 aromatic carbocycles. The number of rotatable bonds is 4. The first kappa shape index (κ1) is 10.7. The highest BCUT2D eigenvalue weighted by molar-refractivity contribution is 8.00. The van der Waals surface area contributed by atoms with E-state index in [0.29, 0.717) is 5.16 Å². The third-order valence-electron chi connectivity index (χ3n) is 1.98. The molecule has 0 bridgehead atoms. The molecule has 1 heterocycles. The van der Waals surface area contributed by atoms with Crippen LogP contribution in [0.15, 0.2) is 41.8 Å². The second-order valence-electron chi connectivity index (χ2n) is 3.10. The summed E-state index contributed by atoms with van der Waals surface area (Å²) in [5.74, 6) is -0.396. The molecule has 1 aromatic heterocycles. The van der Waals surface area contributed by atoms with Gasteiger partial charge in [0.05, 0.1) is 0 Å². The number of hydrogen-bond donors (Lipinski definition) is 2. The lowest BCUT2D eigenvalue weighted by Crippen LogP contribution is -2.19. The molecule has 0 aliphatic carbocycles. The fourth-order valence-corrected chi connectivity index (χ4v) is 2.13. The minimum Gasteiger partial charge on any atom is -0.368 e. The highest BCUT2D eigenvalue weighted by Crippen LogP contribution is 2.32. The molecule has 5 nitrogen and oxygen atoms in total. The molecule has 0 aliphatic rings. The number of amides is 1. The Morgan fingerprint density at radius 2 is 2.12 bits per heavy atom. The first-order valence-corrected chi connectivity index (χ1v) is 5.51. The second kappa shape index (κ2) is 4.80. The third kappa shape index (κ3) is 2.40. The molecule has 0 saturated heterocycles. The predicted octanol–water partition coefficient (Wildman–Crippen LogP) is 1.12. The molecule has 82 valence electrons. The lowest BCUT2D eigenvalue weighted by molar-refractivity contribution is -0.117. The molecule has 1 atom stereocenters. The minimum atomic E-state index is -0.450. The first-order valence-electron chi connectivity index (χ1n) is 4.63. The van der Waals surface area contributed by atoms with Crippen molar-refractivity contribution >= 4 is 17.7 Å². The summed E-state index contributed by atoms with van der Waals surface area (Å²) in [6.45, 7) is 0. The van der Waals surface area contributed by atoms with Crippen LogP contribution in [-0.2, 0) is 4.79 Å². The molecule has 0 radical (unpaired) electrons. The smallest absolute Gasteiger partial charge is 0.235 e. The van der Waals surface area contributed by atoms with Gasteiger partial charge in [-0.2, -0.15) is 5.10 Å². The van der Waals surface area contributed by atoms with E-state index in [0.717, 1.165) is 5.56 Å². The van der Waals surface area contributed by atoms with Crippen LogP contribution in [0.25, 0.3) is 0 Å². The van der Waals surface area contributed by atoms with Crippen molar-refractivity contribution in [2.75, 3.05) is 0 Å². The van der Waals surface area contributed by atoms with E-state index in [9.17, 15) is 4.79 Å². The largest absolute Gasteiger partial charge is 0.368 e. The van der Waals surface area contributed by atoms with Crippen molar-refractivity contribution in [3.8, 4) is 0 Å². The molecule has 6 heteroatoms. The average Bonchev–Trinajstić information content (AvgIpc) is 2.79. The summed E-state index contributed by atoms with van der Waals surface area (Å²) < 4.78 is 0. The third-order valence-corrected chi connectivity index (χ3v) is 3.14. The monoisotopic (exact) mass is 234 g/mol. The molecule has 3 N–H and O–H groups in total. The number of primary amides is 1. The highest BCUT2D eigenvalue weighted by Gasteiger charge is 2.20. The van der Waals surface area contributed by atoms with Gasteiger partial charge in [-0.15, -0.1) is 0 Å². The zero-order valence-electron chi connectivity index (χ0n) is 8.33. The van der Waals surface area contributed by atoms with E-state index in [4.69, 9.17) is 5.73 Å². The number of benzene rings is 1. The highest BCUT2D eigenvalue weighted by atomic mass is 32.2. The Labute approximate surface area is 96.5 Å². The van der Waals surface area contributed by atoms with E-state index in [2.05, 4.69) is 15.2 Å². The van der Waals surface area contributed by atoms with Crippen LogP contribution in [-0.4, -0.2) is 21.1 Å². The standard InChI is InChI=1S/C10H10N4OS/c11-9(15)8(7-4-2-1-3-5-7)16-10-12-6-13-14-10/h1-6,8H,(H2,11,15)(H,12,13,14). The summed E-state index contributed by atoms with van der Waals surface area (Å²) >= 11 is 1.25. The number of H-pyrrole nitrogens is 1. The molecule has 0 spiro atoms. The normalized spacial score (nSPS) is 12.2. The second-order valence-corrected chi connectivity index (χ2v) is 4.20. The summed E-state index contributed by atoms with van der Waals surface area (Å²) in [7, 11) is 0. The Morgan fingerprint density at radius 3 is 2.69 bits per heavy atom. The quantitative estimate of drug-likeness (QED) is 0.776. The van der Waals surface area contributed by atoms with Crippen LogP contribution in [0.5, 0.6) is 0 Å². The average molecular weight is 234 g/mol. The van der Waals surface area contributed by atoms with Crippen LogP contribution in [0.3, 0.4) is 0 Å². The van der Waals surface area contributed by atoms with E-state index >= 15 is 0 Å². The van der Waals surface area contributed by atoms with E-state index in [-0.39, 0.29) is 0 Å². The van der Waals surface area contributed by atoms with Gasteiger partial charge in [-0.25, -0.2) is 4.98 Å². The van der Waals surface area contributed by atoms with Gasteiger partial charge in [0, 0.05) is 0 Å². The summed E-state index contributed by atoms with van der Waals surface area (Å²) in [4.78, 5) is 15.3. The van der Waals surface area contributed by atoms with Crippen molar-refractivity contribution in [1.82, 2.24) is 15.2 Å². The number of thioether (sulfide) groups is 1. The van der Waals surface area contributed by atoms with Crippen LogP contribution >= 0.6 is 11.8 Å². The fraction of sp³-hybridized carbons (Fsp3) is 0.100. The lowest BCUT2D eigenvalue weighted by Gasteiger charge is -2.10. The molecule has 2 aromatic rings. The summed E-state index contributed by atoms with van der Waals surface area (Å²) in [5, 5.41) is 6.53. The number of carbonyl (C=O) groups excluding carboxylic acids is 1. The Kier molecular flexibility index (Phi) is 3.21. The van der Waals surface area contributed by atoms with E-state index in [1.165, 1.54) is 18.1 Å². The van der Waals surface area contributed by atoms with Crippen molar-refractivity contribution in [2.45, 2.75) is 10.4 Å². The topological polar surface area (TPSA) is 84.7 Å². The summed E-state index contributed by atoms with van der Waals surface area (Å²) in [6.07, 6.45) is 1.39. The Morgan fingerprint density at radius 1 is 1.38 bits per heavy atom. The maximum Gasteiger partial charge on any atom is 0.235 e. The van der Waals surface area contributed by atoms with Gasteiger partial charge in [0.25, 0.3) is 0 Å². The Bertz CT molecular complexity index is 457. The van der Waals surface area contributed by atoms with Crippen LogP contribution in [0.4, 0.5) is 0 Å². The van der Waals surface area contributed by atoms with Gasteiger partial charge in [0.1, 0.15) is 11.6 Å². The SMILES string of the molecule is NC(=O)C(Sc1ncn[nH]1)c1ccccc1. The van der Waals surface area contributed by atoms with Crippen molar-refractivity contribution in [1.29, 1.82) is 0 Å². The number of nitrogens with one attached hydrogen (secondary N) is 1. The zero-order chi connectivity index (χ0) is 11.4. The van der Waals surface area contributed by atoms with E-state index in [1.54, 1.807) is 0 Å². The van der Waals surface area contributed by atoms with Crippen LogP contribution < -0.4 is 5.73 Å². The lowest BCUT2D eigenvalue weighted by atomic mass is 10.1. The summed E-state index contributed by atoms with van der Waals surface area (Å²) in [6, 6.07) is 9.34. The van der Waals surface area contributed by atoms with Gasteiger partial charge in [-0.1, -0.05) is 42.1 Å². The number of nitrogens with two attached hydrogens (primary N) is 1. The van der Waals surface area contributed by atoms with E-state index < -0.39 is 11.2 Å². The van der Waals surface area contributed by atoms with Crippen molar-refractivity contribution in [2.24, 2.45) is 5.73 Å². The number of aromatic amines is 1. The van der Waals surface area contributed by atoms with Gasteiger partial charge in [0.2, 0.25) is 5.91 Å². The van der Waals surface area contributed by atoms with Crippen molar-refractivity contribution < 1.29 is 4.79 Å². The molecular formula is C10H10N4OS. The van der Waals surface area contributed by atoms with Crippen LogP contribution in [0.1, 0.15) is 10.8 Å². The number of carbonyl (C=O) groups is 1. The van der Waals surface area contributed by atoms with Gasteiger partial charge >= 0.3 is 0 Å². The minimum absolute atomic E-state index is 0.396. The van der Waals surface area contributed by atoms with Gasteiger partial charge in [0.15, 0.2) is 5.16 Å². The Balaban J connectivity index is 2.22. The van der Waals surface area contributed by atoms with Crippen LogP contribution in [0.2, 0.25) is 0 Å². The van der Waals surface area contributed by atoms with Crippen molar-refractivity contribution in [3.63, 3.8) is 0 Å². The molecule has 0 aliphatic heterocycles. The zero-order valence-corrected chi connectivity index (χ0v) is 9.15. The molecule has 0 saturated carbocycles. The maximum absolute atomic E-state index is 11.4. The fourth-order valence-electron chi connectivity index (χ4n) is 1.28. The van der Waals surface area contributed by atoms with Gasteiger partial charge in [-0.05, 0) is 5.56 Å². The molecule has 2 rings (SSSR count). The maximum atomic E-state index is 11.4. The van der Waals surface area contributed by atoms with E-state index in [1.807, 2.05) is 30.3 Å². The van der Waals surface area contributed by atoms with Crippen LogP contribution in [0, 0.1) is 0 Å². The summed E-state index contributed by atoms with van der Waals surface area (Å²) in [5.41, 5.74) is 6.22. The number of aromatic nitrogens is 3. The molecular weight excluding hydrogens is 224 g/mol. The van der Waals surface area contributed by atoms with Crippen molar-refractivity contribution in [3.05, 3.63) is 42.2 Å².